The number of methoxy groups -OCH3 is 1. The van der Waals surface area contributed by atoms with Gasteiger partial charge in [0.05, 0.1) is 13.3 Å². The molecule has 0 atom stereocenters. The van der Waals surface area contributed by atoms with Crippen LogP contribution in [0.15, 0.2) is 24.4 Å². The maximum absolute atomic E-state index is 8.97. The maximum atomic E-state index is 8.97. The van der Waals surface area contributed by atoms with E-state index in [-0.39, 0.29) is 0 Å². The summed E-state index contributed by atoms with van der Waals surface area (Å²) >= 11 is 0. The fraction of sp³-hybridized carbons (Fsp3) is 0.267. The van der Waals surface area contributed by atoms with Crippen LogP contribution in [0.2, 0.25) is 0 Å². The summed E-state index contributed by atoms with van der Waals surface area (Å²) in [5, 5.41) is 11.9. The van der Waals surface area contributed by atoms with Crippen molar-refractivity contribution in [3.05, 3.63) is 35.5 Å². The van der Waals surface area contributed by atoms with Gasteiger partial charge >= 0.3 is 0 Å². The number of nitrogens with one attached hydrogen (secondary N) is 1. The number of ether oxygens (including phenoxy) is 1. The Balaban J connectivity index is 2.49. The van der Waals surface area contributed by atoms with Crippen LogP contribution in [0.1, 0.15) is 18.1 Å². The standard InChI is InChI=1S/C15H16N4O/c1-4-10-7-11(5-6-13(10)20-3)15-18-9-12(8-16)14(17-2)19-15/h5-7,9H,4H2,1-3H3,(H,17,18,19). The Labute approximate surface area is 118 Å². The predicted molar refractivity (Wildman–Crippen MR) is 77.7 cm³/mol. The van der Waals surface area contributed by atoms with Crippen LogP contribution >= 0.6 is 0 Å². The van der Waals surface area contributed by atoms with Gasteiger partial charge < -0.3 is 10.1 Å². The Morgan fingerprint density at radius 2 is 2.20 bits per heavy atom. The molecule has 1 heterocycles. The molecule has 0 aliphatic rings. The van der Waals surface area contributed by atoms with Gasteiger partial charge in [-0.2, -0.15) is 5.26 Å². The molecule has 0 aliphatic heterocycles. The van der Waals surface area contributed by atoms with E-state index in [4.69, 9.17) is 10.00 Å². The van der Waals surface area contributed by atoms with Crippen molar-refractivity contribution >= 4 is 5.82 Å². The van der Waals surface area contributed by atoms with E-state index in [1.807, 2.05) is 18.2 Å². The molecule has 0 bridgehead atoms. The number of nitriles is 1. The normalized spacial score (nSPS) is 9.90. The molecule has 0 spiro atoms. The van der Waals surface area contributed by atoms with Gasteiger partial charge in [-0.05, 0) is 30.2 Å². The molecule has 1 aromatic carbocycles. The molecule has 0 saturated heterocycles. The van der Waals surface area contributed by atoms with Crippen molar-refractivity contribution in [2.45, 2.75) is 13.3 Å². The quantitative estimate of drug-likeness (QED) is 0.923. The van der Waals surface area contributed by atoms with Crippen LogP contribution in [0.3, 0.4) is 0 Å². The molecule has 0 saturated carbocycles. The molecule has 0 aliphatic carbocycles. The Hall–Kier alpha value is -2.61. The highest BCUT2D eigenvalue weighted by Crippen LogP contribution is 2.26. The number of hydrogen-bond acceptors (Lipinski definition) is 5. The third-order valence-corrected chi connectivity index (χ3v) is 3.07. The molecule has 0 unspecified atom stereocenters. The van der Waals surface area contributed by atoms with Gasteiger partial charge in [0.25, 0.3) is 0 Å². The Bertz CT molecular complexity index is 661. The lowest BCUT2D eigenvalue weighted by atomic mass is 10.1. The highest BCUT2D eigenvalue weighted by molar-refractivity contribution is 5.62. The van der Waals surface area contributed by atoms with Crippen LogP contribution in [-0.4, -0.2) is 24.1 Å². The minimum Gasteiger partial charge on any atom is -0.496 e. The molecule has 5 heteroatoms. The Morgan fingerprint density at radius 3 is 2.80 bits per heavy atom. The summed E-state index contributed by atoms with van der Waals surface area (Å²) in [5.74, 6) is 1.98. The molecule has 0 fully saturated rings. The van der Waals surface area contributed by atoms with E-state index in [1.165, 1.54) is 6.20 Å². The van der Waals surface area contributed by atoms with Crippen molar-refractivity contribution in [3.63, 3.8) is 0 Å². The zero-order valence-electron chi connectivity index (χ0n) is 11.8. The van der Waals surface area contributed by atoms with Gasteiger partial charge in [-0.1, -0.05) is 6.92 Å². The lowest BCUT2D eigenvalue weighted by Crippen LogP contribution is -2.00. The van der Waals surface area contributed by atoms with Gasteiger partial charge in [0.1, 0.15) is 23.2 Å². The van der Waals surface area contributed by atoms with E-state index in [1.54, 1.807) is 14.2 Å². The zero-order chi connectivity index (χ0) is 14.5. The number of rotatable bonds is 4. The van der Waals surface area contributed by atoms with E-state index < -0.39 is 0 Å². The highest BCUT2D eigenvalue weighted by atomic mass is 16.5. The van der Waals surface area contributed by atoms with E-state index in [2.05, 4.69) is 28.3 Å². The SMILES string of the molecule is CCc1cc(-c2ncc(C#N)c(NC)n2)ccc1OC. The van der Waals surface area contributed by atoms with Crippen molar-refractivity contribution in [2.75, 3.05) is 19.5 Å². The van der Waals surface area contributed by atoms with Crippen LogP contribution in [0.4, 0.5) is 5.82 Å². The average Bonchev–Trinajstić information content (AvgIpc) is 2.53. The topological polar surface area (TPSA) is 70.8 Å². The predicted octanol–water partition coefficient (Wildman–Crippen LogP) is 2.63. The van der Waals surface area contributed by atoms with Gasteiger partial charge in [0, 0.05) is 12.6 Å². The number of aryl methyl sites for hydroxylation is 1. The van der Waals surface area contributed by atoms with Crippen molar-refractivity contribution in [3.8, 4) is 23.2 Å². The van der Waals surface area contributed by atoms with Crippen molar-refractivity contribution in [2.24, 2.45) is 0 Å². The largest absolute Gasteiger partial charge is 0.496 e. The van der Waals surface area contributed by atoms with E-state index in [9.17, 15) is 0 Å². The molecular formula is C15H16N4O. The third-order valence-electron chi connectivity index (χ3n) is 3.07. The Kier molecular flexibility index (Phi) is 4.16. The van der Waals surface area contributed by atoms with Gasteiger partial charge in [-0.15, -0.1) is 0 Å². The van der Waals surface area contributed by atoms with Crippen LogP contribution in [-0.2, 0) is 6.42 Å². The Morgan fingerprint density at radius 1 is 1.40 bits per heavy atom. The lowest BCUT2D eigenvalue weighted by molar-refractivity contribution is 0.410. The average molecular weight is 268 g/mol. The summed E-state index contributed by atoms with van der Waals surface area (Å²) in [6, 6.07) is 7.90. The molecule has 20 heavy (non-hydrogen) atoms. The lowest BCUT2D eigenvalue weighted by Gasteiger charge is -2.09. The first-order valence-corrected chi connectivity index (χ1v) is 6.35. The van der Waals surface area contributed by atoms with Crippen LogP contribution in [0.25, 0.3) is 11.4 Å². The van der Waals surface area contributed by atoms with E-state index >= 15 is 0 Å². The smallest absolute Gasteiger partial charge is 0.161 e. The minimum atomic E-state index is 0.431. The molecule has 0 radical (unpaired) electrons. The van der Waals surface area contributed by atoms with Gasteiger partial charge in [0.15, 0.2) is 5.82 Å². The maximum Gasteiger partial charge on any atom is 0.161 e. The number of hydrogen-bond donors (Lipinski definition) is 1. The molecule has 1 aromatic heterocycles. The van der Waals surface area contributed by atoms with Gasteiger partial charge in [0.2, 0.25) is 0 Å². The van der Waals surface area contributed by atoms with Gasteiger partial charge in [-0.25, -0.2) is 9.97 Å². The van der Waals surface area contributed by atoms with Crippen molar-refractivity contribution in [1.29, 1.82) is 5.26 Å². The summed E-state index contributed by atoms with van der Waals surface area (Å²) in [4.78, 5) is 8.62. The summed E-state index contributed by atoms with van der Waals surface area (Å²) in [6.45, 7) is 2.07. The summed E-state index contributed by atoms with van der Waals surface area (Å²) in [7, 11) is 3.39. The van der Waals surface area contributed by atoms with Crippen molar-refractivity contribution in [1.82, 2.24) is 9.97 Å². The second-order valence-corrected chi connectivity index (χ2v) is 4.20. The third kappa shape index (κ3) is 2.54. The van der Waals surface area contributed by atoms with E-state index in [0.29, 0.717) is 17.2 Å². The minimum absolute atomic E-state index is 0.431. The van der Waals surface area contributed by atoms with Crippen LogP contribution in [0, 0.1) is 11.3 Å². The van der Waals surface area contributed by atoms with Crippen molar-refractivity contribution < 1.29 is 4.74 Å². The molecular weight excluding hydrogens is 252 g/mol. The highest BCUT2D eigenvalue weighted by Gasteiger charge is 2.09. The fourth-order valence-corrected chi connectivity index (χ4v) is 1.99. The molecule has 102 valence electrons. The second kappa shape index (κ2) is 6.02. The number of anilines is 1. The first-order valence-electron chi connectivity index (χ1n) is 6.35. The molecule has 5 nitrogen and oxygen atoms in total. The fourth-order valence-electron chi connectivity index (χ4n) is 1.99. The molecule has 2 rings (SSSR count). The first kappa shape index (κ1) is 13.8. The molecule has 0 amide bonds. The van der Waals surface area contributed by atoms with Crippen LogP contribution < -0.4 is 10.1 Å². The summed E-state index contributed by atoms with van der Waals surface area (Å²) in [5.41, 5.74) is 2.44. The second-order valence-electron chi connectivity index (χ2n) is 4.20. The molecule has 1 N–H and O–H groups in total. The number of aromatic nitrogens is 2. The first-order chi connectivity index (χ1) is 9.73. The summed E-state index contributed by atoms with van der Waals surface area (Å²) in [6.07, 6.45) is 2.40. The monoisotopic (exact) mass is 268 g/mol. The van der Waals surface area contributed by atoms with Gasteiger partial charge in [-0.3, -0.25) is 0 Å². The number of benzene rings is 1. The van der Waals surface area contributed by atoms with E-state index in [0.717, 1.165) is 23.3 Å². The van der Waals surface area contributed by atoms with Crippen LogP contribution in [0.5, 0.6) is 5.75 Å². The molecule has 2 aromatic rings. The zero-order valence-corrected chi connectivity index (χ0v) is 11.8. The summed E-state index contributed by atoms with van der Waals surface area (Å²) < 4.78 is 5.31. The number of nitrogens with zero attached hydrogens (tertiary/aromatic N) is 3.